The Hall–Kier alpha value is -1.88. The summed E-state index contributed by atoms with van der Waals surface area (Å²) < 4.78 is 10.2. The first-order valence-corrected chi connectivity index (χ1v) is 7.40. The van der Waals surface area contributed by atoms with Crippen LogP contribution < -0.4 is 5.32 Å². The smallest absolute Gasteiger partial charge is 0.328 e. The summed E-state index contributed by atoms with van der Waals surface area (Å²) in [6.45, 7) is 5.54. The number of esters is 1. The number of carbonyl (C=O) groups is 2. The van der Waals surface area contributed by atoms with Crippen molar-refractivity contribution in [2.75, 3.05) is 14.2 Å². The topological polar surface area (TPSA) is 64.6 Å². The molecule has 1 N–H and O–H groups in total. The van der Waals surface area contributed by atoms with Gasteiger partial charge in [0.25, 0.3) is 5.91 Å². The lowest BCUT2D eigenvalue weighted by Crippen LogP contribution is -2.52. The second-order valence-electron chi connectivity index (χ2n) is 5.46. The zero-order valence-electron chi connectivity index (χ0n) is 13.9. The predicted octanol–water partition coefficient (Wildman–Crippen LogP) is 2.25. The second-order valence-corrected chi connectivity index (χ2v) is 5.46. The van der Waals surface area contributed by atoms with E-state index in [9.17, 15) is 9.59 Å². The maximum Gasteiger partial charge on any atom is 0.328 e. The van der Waals surface area contributed by atoms with Gasteiger partial charge < -0.3 is 14.8 Å². The maximum atomic E-state index is 12.7. The molecule has 1 aromatic carbocycles. The van der Waals surface area contributed by atoms with E-state index in [1.54, 1.807) is 6.92 Å². The third-order valence-corrected chi connectivity index (χ3v) is 4.12. The van der Waals surface area contributed by atoms with Gasteiger partial charge in [-0.05, 0) is 18.4 Å². The summed E-state index contributed by atoms with van der Waals surface area (Å²) in [6.07, 6.45) is 0.745. The Morgan fingerprint density at radius 3 is 2.27 bits per heavy atom. The van der Waals surface area contributed by atoms with Gasteiger partial charge in [0.15, 0.2) is 5.60 Å². The van der Waals surface area contributed by atoms with Gasteiger partial charge in [0.05, 0.1) is 7.11 Å². The van der Waals surface area contributed by atoms with Crippen molar-refractivity contribution in [1.82, 2.24) is 5.32 Å². The van der Waals surface area contributed by atoms with Crippen molar-refractivity contribution >= 4 is 11.9 Å². The molecule has 5 nitrogen and oxygen atoms in total. The Kier molecular flexibility index (Phi) is 6.56. The molecule has 3 atom stereocenters. The van der Waals surface area contributed by atoms with E-state index in [1.165, 1.54) is 14.2 Å². The van der Waals surface area contributed by atoms with Gasteiger partial charge in [-0.1, -0.05) is 50.6 Å². The van der Waals surface area contributed by atoms with Crippen LogP contribution in [-0.2, 0) is 24.7 Å². The summed E-state index contributed by atoms with van der Waals surface area (Å²) in [7, 11) is 2.79. The molecule has 0 aromatic heterocycles. The normalized spacial score (nSPS) is 16.2. The van der Waals surface area contributed by atoms with Crippen LogP contribution >= 0.6 is 0 Å². The minimum absolute atomic E-state index is 0.0340. The average molecular weight is 307 g/mol. The summed E-state index contributed by atoms with van der Waals surface area (Å²) in [6, 6.07) is 8.49. The van der Waals surface area contributed by atoms with E-state index in [0.29, 0.717) is 0 Å². The first-order valence-electron chi connectivity index (χ1n) is 7.40. The highest BCUT2D eigenvalue weighted by atomic mass is 16.5. The van der Waals surface area contributed by atoms with E-state index < -0.39 is 17.6 Å². The Labute approximate surface area is 132 Å². The van der Waals surface area contributed by atoms with Crippen molar-refractivity contribution in [1.29, 1.82) is 0 Å². The van der Waals surface area contributed by atoms with E-state index in [-0.39, 0.29) is 11.8 Å². The zero-order chi connectivity index (χ0) is 16.8. The van der Waals surface area contributed by atoms with Gasteiger partial charge in [0.2, 0.25) is 0 Å². The van der Waals surface area contributed by atoms with Crippen molar-refractivity contribution in [2.24, 2.45) is 5.92 Å². The molecule has 0 fully saturated rings. The molecule has 1 rings (SSSR count). The molecule has 0 aliphatic heterocycles. The summed E-state index contributed by atoms with van der Waals surface area (Å²) in [5, 5.41) is 2.77. The van der Waals surface area contributed by atoms with Gasteiger partial charge in [-0.2, -0.15) is 0 Å². The third kappa shape index (κ3) is 3.85. The summed E-state index contributed by atoms with van der Waals surface area (Å²) in [5.74, 6) is -0.848. The average Bonchev–Trinajstić information content (AvgIpc) is 2.57. The molecule has 5 heteroatoms. The largest absolute Gasteiger partial charge is 0.467 e. The number of methoxy groups -OCH3 is 2. The van der Waals surface area contributed by atoms with Gasteiger partial charge in [0, 0.05) is 7.11 Å². The van der Waals surface area contributed by atoms with Gasteiger partial charge in [-0.3, -0.25) is 4.79 Å². The van der Waals surface area contributed by atoms with Gasteiger partial charge in [-0.15, -0.1) is 0 Å². The van der Waals surface area contributed by atoms with Crippen molar-refractivity contribution < 1.29 is 19.1 Å². The zero-order valence-corrected chi connectivity index (χ0v) is 13.9. The Balaban J connectivity index is 3.03. The highest BCUT2D eigenvalue weighted by Gasteiger charge is 2.38. The van der Waals surface area contributed by atoms with E-state index in [1.807, 2.05) is 44.2 Å². The van der Waals surface area contributed by atoms with Crippen LogP contribution in [0.2, 0.25) is 0 Å². The van der Waals surface area contributed by atoms with Crippen molar-refractivity contribution in [3.8, 4) is 0 Å². The number of hydrogen-bond donors (Lipinski definition) is 1. The number of amides is 1. The molecule has 0 saturated carbocycles. The van der Waals surface area contributed by atoms with Crippen LogP contribution in [-0.4, -0.2) is 32.1 Å². The molecule has 0 aliphatic rings. The Morgan fingerprint density at radius 2 is 1.82 bits per heavy atom. The minimum Gasteiger partial charge on any atom is -0.467 e. The Morgan fingerprint density at radius 1 is 1.23 bits per heavy atom. The van der Waals surface area contributed by atoms with Crippen LogP contribution in [0, 0.1) is 5.92 Å². The lowest BCUT2D eigenvalue weighted by atomic mass is 9.92. The maximum absolute atomic E-state index is 12.7. The van der Waals surface area contributed by atoms with Crippen LogP contribution in [0.5, 0.6) is 0 Å². The van der Waals surface area contributed by atoms with Gasteiger partial charge in [-0.25, -0.2) is 4.79 Å². The molecular weight excluding hydrogens is 282 g/mol. The van der Waals surface area contributed by atoms with E-state index >= 15 is 0 Å². The summed E-state index contributed by atoms with van der Waals surface area (Å²) in [5.41, 5.74) is -0.441. The molecule has 2 unspecified atom stereocenters. The molecule has 0 radical (unpaired) electrons. The molecule has 1 amide bonds. The summed E-state index contributed by atoms with van der Waals surface area (Å²) >= 11 is 0. The Bertz CT molecular complexity index is 503. The molecular formula is C17H25NO4. The number of nitrogens with one attached hydrogen (secondary N) is 1. The van der Waals surface area contributed by atoms with Crippen molar-refractivity contribution in [3.63, 3.8) is 0 Å². The molecule has 0 spiro atoms. The van der Waals surface area contributed by atoms with Crippen molar-refractivity contribution in [2.45, 2.75) is 38.8 Å². The monoisotopic (exact) mass is 307 g/mol. The van der Waals surface area contributed by atoms with Crippen LogP contribution in [0.3, 0.4) is 0 Å². The van der Waals surface area contributed by atoms with E-state index in [2.05, 4.69) is 5.32 Å². The number of ether oxygens (including phenoxy) is 2. The number of benzene rings is 1. The first kappa shape index (κ1) is 18.2. The fourth-order valence-electron chi connectivity index (χ4n) is 2.17. The quantitative estimate of drug-likeness (QED) is 0.785. The SMILES string of the molecule is CCC(C)C(NC(=O)[C@@](C)(OC)c1ccccc1)C(=O)OC. The molecule has 22 heavy (non-hydrogen) atoms. The fourth-order valence-corrected chi connectivity index (χ4v) is 2.17. The number of rotatable bonds is 7. The van der Waals surface area contributed by atoms with Crippen LogP contribution in [0.25, 0.3) is 0 Å². The lowest BCUT2D eigenvalue weighted by Gasteiger charge is -2.30. The highest BCUT2D eigenvalue weighted by molar-refractivity contribution is 5.90. The van der Waals surface area contributed by atoms with Gasteiger partial charge >= 0.3 is 5.97 Å². The third-order valence-electron chi connectivity index (χ3n) is 4.12. The van der Waals surface area contributed by atoms with Crippen LogP contribution in [0.1, 0.15) is 32.8 Å². The van der Waals surface area contributed by atoms with Crippen LogP contribution in [0.15, 0.2) is 30.3 Å². The number of carbonyl (C=O) groups excluding carboxylic acids is 2. The molecule has 0 bridgehead atoms. The van der Waals surface area contributed by atoms with Crippen molar-refractivity contribution in [3.05, 3.63) is 35.9 Å². The molecule has 0 aliphatic carbocycles. The van der Waals surface area contributed by atoms with Crippen LogP contribution in [0.4, 0.5) is 0 Å². The molecule has 0 heterocycles. The fraction of sp³-hybridized carbons (Fsp3) is 0.529. The summed E-state index contributed by atoms with van der Waals surface area (Å²) in [4.78, 5) is 24.6. The second kappa shape index (κ2) is 7.94. The van der Waals surface area contributed by atoms with E-state index in [4.69, 9.17) is 9.47 Å². The molecule has 122 valence electrons. The highest BCUT2D eigenvalue weighted by Crippen LogP contribution is 2.25. The van der Waals surface area contributed by atoms with E-state index in [0.717, 1.165) is 12.0 Å². The van der Waals surface area contributed by atoms with Gasteiger partial charge in [0.1, 0.15) is 6.04 Å². The number of hydrogen-bond acceptors (Lipinski definition) is 4. The molecule has 0 saturated heterocycles. The first-order chi connectivity index (χ1) is 10.4. The standard InChI is InChI=1S/C17H25NO4/c1-6-12(2)14(15(19)21-4)18-16(20)17(3,22-5)13-10-8-7-9-11-13/h7-12,14H,6H2,1-5H3,(H,18,20)/t12?,14?,17-/m0/s1. The lowest BCUT2D eigenvalue weighted by molar-refractivity contribution is -0.152. The molecule has 1 aromatic rings. The minimum atomic E-state index is -1.17. The predicted molar refractivity (Wildman–Crippen MR) is 84.2 cm³/mol.